The van der Waals surface area contributed by atoms with Crippen LogP contribution in [0.5, 0.6) is 11.5 Å². The van der Waals surface area contributed by atoms with Gasteiger partial charge in [-0.25, -0.2) is 0 Å². The number of aryl methyl sites for hydroxylation is 2. The lowest BCUT2D eigenvalue weighted by Crippen LogP contribution is -2.44. The zero-order chi connectivity index (χ0) is 35.3. The first-order chi connectivity index (χ1) is 23.1. The Bertz CT molecular complexity index is 1210. The number of aromatic hydroxyl groups is 2. The number of amides is 4. The van der Waals surface area contributed by atoms with Crippen LogP contribution in [-0.2, 0) is 22.4 Å². The van der Waals surface area contributed by atoms with Crippen LogP contribution in [0.3, 0.4) is 0 Å². The standard InChI is InChI=1S/C38H58N4O6/c1-5-7-9-15-21-29-23-17-25-31(33(29)43)37(47)41-39-35(45)27(3)19-13-11-12-14-20-28(4)36(46)40-42-38(48)32-26-18-24-30(34(32)44)22-16-10-8-6-2/h17-18,23-28,43-44H,5-16,19-22H2,1-4H3,(H,39,45)(H,40,46)(H,41,47)(H,42,48). The van der Waals surface area contributed by atoms with E-state index in [0.717, 1.165) is 88.2 Å². The van der Waals surface area contributed by atoms with Gasteiger partial charge in [0.25, 0.3) is 11.8 Å². The van der Waals surface area contributed by atoms with Gasteiger partial charge in [0.15, 0.2) is 0 Å². The summed E-state index contributed by atoms with van der Waals surface area (Å²) in [5, 5.41) is 21.1. The third kappa shape index (κ3) is 14.0. The fraction of sp³-hybridized carbons (Fsp3) is 0.579. The molecule has 6 N–H and O–H groups in total. The van der Waals surface area contributed by atoms with E-state index in [1.54, 1.807) is 26.0 Å². The molecule has 10 nitrogen and oxygen atoms in total. The van der Waals surface area contributed by atoms with E-state index in [9.17, 15) is 29.4 Å². The fourth-order valence-electron chi connectivity index (χ4n) is 5.57. The lowest BCUT2D eigenvalue weighted by molar-refractivity contribution is -0.126. The van der Waals surface area contributed by atoms with Gasteiger partial charge in [-0.1, -0.05) is 116 Å². The summed E-state index contributed by atoms with van der Waals surface area (Å²) in [5.41, 5.74) is 11.5. The molecular formula is C38H58N4O6. The molecule has 4 amide bonds. The smallest absolute Gasteiger partial charge is 0.273 e. The molecule has 10 heteroatoms. The van der Waals surface area contributed by atoms with E-state index >= 15 is 0 Å². The van der Waals surface area contributed by atoms with Gasteiger partial charge in [0, 0.05) is 11.8 Å². The molecule has 2 unspecified atom stereocenters. The molecule has 0 aliphatic rings. The van der Waals surface area contributed by atoms with Gasteiger partial charge in [-0.3, -0.25) is 40.9 Å². The van der Waals surface area contributed by atoms with Crippen molar-refractivity contribution in [3.05, 3.63) is 58.7 Å². The van der Waals surface area contributed by atoms with Gasteiger partial charge in [0.2, 0.25) is 11.8 Å². The molecule has 0 spiro atoms. The second-order valence-corrected chi connectivity index (χ2v) is 12.9. The number of phenols is 2. The zero-order valence-corrected chi connectivity index (χ0v) is 29.5. The quantitative estimate of drug-likeness (QED) is 0.0612. The zero-order valence-electron chi connectivity index (χ0n) is 29.5. The summed E-state index contributed by atoms with van der Waals surface area (Å²) in [7, 11) is 0. The van der Waals surface area contributed by atoms with Crippen molar-refractivity contribution in [2.75, 3.05) is 0 Å². The maximum absolute atomic E-state index is 12.6. The van der Waals surface area contributed by atoms with Gasteiger partial charge in [-0.15, -0.1) is 0 Å². The van der Waals surface area contributed by atoms with E-state index < -0.39 is 11.8 Å². The van der Waals surface area contributed by atoms with Crippen molar-refractivity contribution in [1.82, 2.24) is 21.7 Å². The highest BCUT2D eigenvalue weighted by atomic mass is 16.3. The van der Waals surface area contributed by atoms with Crippen molar-refractivity contribution in [2.45, 2.75) is 130 Å². The maximum atomic E-state index is 12.6. The van der Waals surface area contributed by atoms with Gasteiger partial charge in [-0.05, 0) is 61.8 Å². The minimum Gasteiger partial charge on any atom is -0.507 e. The number of benzene rings is 2. The highest BCUT2D eigenvalue weighted by Gasteiger charge is 2.19. The molecule has 266 valence electrons. The van der Waals surface area contributed by atoms with Crippen molar-refractivity contribution < 1.29 is 29.4 Å². The summed E-state index contributed by atoms with van der Waals surface area (Å²) >= 11 is 0. The topological polar surface area (TPSA) is 157 Å². The molecule has 0 aliphatic heterocycles. The number of hydrogen-bond donors (Lipinski definition) is 6. The number of nitrogens with one attached hydrogen (secondary N) is 4. The van der Waals surface area contributed by atoms with Gasteiger partial charge in [0.1, 0.15) is 11.5 Å². The predicted molar refractivity (Wildman–Crippen MR) is 189 cm³/mol. The van der Waals surface area contributed by atoms with Crippen LogP contribution in [0, 0.1) is 11.8 Å². The summed E-state index contributed by atoms with van der Waals surface area (Å²) in [6.07, 6.45) is 14.6. The van der Waals surface area contributed by atoms with Crippen LogP contribution in [0.2, 0.25) is 0 Å². The van der Waals surface area contributed by atoms with Crippen molar-refractivity contribution in [1.29, 1.82) is 0 Å². The molecule has 0 heterocycles. The van der Waals surface area contributed by atoms with E-state index in [2.05, 4.69) is 35.6 Å². The predicted octanol–water partition coefficient (Wildman–Crippen LogP) is 7.18. The molecule has 0 aliphatic carbocycles. The van der Waals surface area contributed by atoms with Gasteiger partial charge >= 0.3 is 0 Å². The lowest BCUT2D eigenvalue weighted by Gasteiger charge is -2.15. The SMILES string of the molecule is CCCCCCc1cccc(C(=O)NNC(=O)C(C)CCCCCCC(C)C(=O)NNC(=O)c2cccc(CCCCCC)c2O)c1O. The number of phenolic OH excluding ortho intramolecular Hbond substituents is 2. The molecule has 0 radical (unpaired) electrons. The Balaban J connectivity index is 1.63. The number of carbonyl (C=O) groups excluding carboxylic acids is 4. The van der Waals surface area contributed by atoms with Crippen molar-refractivity contribution in [2.24, 2.45) is 11.8 Å². The third-order valence-corrected chi connectivity index (χ3v) is 8.85. The first-order valence-corrected chi connectivity index (χ1v) is 17.9. The molecule has 2 atom stereocenters. The Morgan fingerprint density at radius 1 is 0.542 bits per heavy atom. The molecule has 48 heavy (non-hydrogen) atoms. The molecule has 2 rings (SSSR count). The van der Waals surface area contributed by atoms with Gasteiger partial charge in [0.05, 0.1) is 11.1 Å². The number of rotatable bonds is 21. The number of unbranched alkanes of at least 4 members (excludes halogenated alkanes) is 9. The van der Waals surface area contributed by atoms with E-state index in [0.29, 0.717) is 25.7 Å². The average molecular weight is 667 g/mol. The summed E-state index contributed by atoms with van der Waals surface area (Å²) < 4.78 is 0. The third-order valence-electron chi connectivity index (χ3n) is 8.85. The first-order valence-electron chi connectivity index (χ1n) is 17.9. The Morgan fingerprint density at radius 3 is 1.29 bits per heavy atom. The molecule has 0 aromatic heterocycles. The number of hydrogen-bond acceptors (Lipinski definition) is 6. The summed E-state index contributed by atoms with van der Waals surface area (Å²) in [6.45, 7) is 7.89. The second kappa shape index (κ2) is 22.5. The second-order valence-electron chi connectivity index (χ2n) is 12.9. The fourth-order valence-corrected chi connectivity index (χ4v) is 5.57. The molecular weight excluding hydrogens is 608 g/mol. The van der Waals surface area contributed by atoms with Crippen LogP contribution in [0.4, 0.5) is 0 Å². The average Bonchev–Trinajstić information content (AvgIpc) is 3.08. The van der Waals surface area contributed by atoms with E-state index in [-0.39, 0.29) is 46.3 Å². The van der Waals surface area contributed by atoms with Crippen LogP contribution in [0.1, 0.15) is 149 Å². The summed E-state index contributed by atoms with van der Waals surface area (Å²) in [4.78, 5) is 50.3. The number of carbonyl (C=O) groups is 4. The normalized spacial score (nSPS) is 12.2. The maximum Gasteiger partial charge on any atom is 0.273 e. The highest BCUT2D eigenvalue weighted by Crippen LogP contribution is 2.25. The molecule has 2 aromatic carbocycles. The molecule has 2 aromatic rings. The lowest BCUT2D eigenvalue weighted by atomic mass is 9.99. The molecule has 0 fully saturated rings. The van der Waals surface area contributed by atoms with Crippen LogP contribution < -0.4 is 21.7 Å². The number of para-hydroxylation sites is 2. The van der Waals surface area contributed by atoms with E-state index in [1.165, 1.54) is 12.1 Å². The molecule has 0 bridgehead atoms. The summed E-state index contributed by atoms with van der Waals surface area (Å²) in [5.74, 6) is -2.39. The Morgan fingerprint density at radius 2 is 0.917 bits per heavy atom. The van der Waals surface area contributed by atoms with Crippen molar-refractivity contribution in [3.8, 4) is 11.5 Å². The molecule has 0 saturated heterocycles. The molecule has 0 saturated carbocycles. The van der Waals surface area contributed by atoms with Gasteiger partial charge < -0.3 is 10.2 Å². The minimum absolute atomic E-state index is 0.0419. The Labute approximate surface area is 286 Å². The van der Waals surface area contributed by atoms with E-state index in [4.69, 9.17) is 0 Å². The highest BCUT2D eigenvalue weighted by molar-refractivity contribution is 5.99. The van der Waals surface area contributed by atoms with Crippen LogP contribution in [0.25, 0.3) is 0 Å². The summed E-state index contributed by atoms with van der Waals surface area (Å²) in [6, 6.07) is 10.2. The van der Waals surface area contributed by atoms with Gasteiger partial charge in [-0.2, -0.15) is 0 Å². The van der Waals surface area contributed by atoms with Crippen molar-refractivity contribution in [3.63, 3.8) is 0 Å². The number of hydrazine groups is 2. The monoisotopic (exact) mass is 666 g/mol. The van der Waals surface area contributed by atoms with Crippen LogP contribution in [0.15, 0.2) is 36.4 Å². The largest absolute Gasteiger partial charge is 0.507 e. The van der Waals surface area contributed by atoms with E-state index in [1.807, 2.05) is 12.1 Å². The Hall–Kier alpha value is -4.08. The van der Waals surface area contributed by atoms with Crippen LogP contribution >= 0.6 is 0 Å². The van der Waals surface area contributed by atoms with Crippen LogP contribution in [-0.4, -0.2) is 33.8 Å². The van der Waals surface area contributed by atoms with Crippen molar-refractivity contribution >= 4 is 23.6 Å². The minimum atomic E-state index is -0.554. The first kappa shape index (κ1) is 40.1. The Kier molecular flexibility index (Phi) is 18.8.